The number of carbonyl (C=O) groups excluding carboxylic acids is 5. The molecule has 5 amide bonds. The monoisotopic (exact) mass is 824 g/mol. The highest BCUT2D eigenvalue weighted by molar-refractivity contribution is 5.92. The standard InChI is InChI=1S/C44H69N7O8/c1-10-15-35(23-24-38(53)51-25-14-18-36(51)41(58-9)30(4)43(56)47-31(5)40(55)33-16-12-11-13-17-33)49(7)39(54)27-46-42(29(2)3)50(8)44(57)59-28-32-19-21-34(22-20-32)48-37(52)26-45-6/h11-13,16-17,19-22,29-31,35-36,40-42,45-46,55H,10,14-15,18,23-28H2,1-9H3,(H,47,56)(H,48,52)/t30-,31-,35+,36+,40-,41-,42?/m1/s1. The minimum atomic E-state index is -0.871. The van der Waals surface area contributed by atoms with E-state index in [2.05, 4.69) is 21.3 Å². The third-order valence-corrected chi connectivity index (χ3v) is 11.2. The maximum absolute atomic E-state index is 13.8. The molecule has 0 aromatic heterocycles. The number of aliphatic hydroxyl groups is 1. The van der Waals surface area contributed by atoms with Crippen molar-refractivity contribution >= 4 is 35.4 Å². The Balaban J connectivity index is 1.53. The molecule has 2 aromatic rings. The van der Waals surface area contributed by atoms with Crippen molar-refractivity contribution in [3.8, 4) is 0 Å². The molecule has 0 radical (unpaired) electrons. The van der Waals surface area contributed by atoms with Gasteiger partial charge in [0.15, 0.2) is 0 Å². The van der Waals surface area contributed by atoms with Gasteiger partial charge in [0, 0.05) is 45.9 Å². The molecule has 2 aromatic carbocycles. The molecule has 5 N–H and O–H groups in total. The third-order valence-electron chi connectivity index (χ3n) is 11.2. The summed E-state index contributed by atoms with van der Waals surface area (Å²) in [6.07, 6.45) is 1.30. The molecule has 1 aliphatic heterocycles. The smallest absolute Gasteiger partial charge is 0.411 e. The first-order chi connectivity index (χ1) is 28.1. The van der Waals surface area contributed by atoms with E-state index in [0.29, 0.717) is 37.1 Å². The molecule has 1 fully saturated rings. The van der Waals surface area contributed by atoms with Crippen LogP contribution in [-0.2, 0) is 35.3 Å². The number of rotatable bonds is 23. The van der Waals surface area contributed by atoms with Gasteiger partial charge in [-0.2, -0.15) is 0 Å². The van der Waals surface area contributed by atoms with Gasteiger partial charge >= 0.3 is 6.09 Å². The Morgan fingerprint density at radius 1 is 0.932 bits per heavy atom. The molecule has 15 nitrogen and oxygen atoms in total. The van der Waals surface area contributed by atoms with Crippen molar-refractivity contribution in [2.75, 3.05) is 53.2 Å². The lowest BCUT2D eigenvalue weighted by molar-refractivity contribution is -0.141. The lowest BCUT2D eigenvalue weighted by Crippen LogP contribution is -2.53. The number of hydrogen-bond acceptors (Lipinski definition) is 10. The number of benzene rings is 2. The molecule has 1 saturated heterocycles. The minimum absolute atomic E-state index is 0.0173. The summed E-state index contributed by atoms with van der Waals surface area (Å²) in [6.45, 7) is 10.3. The molecule has 1 heterocycles. The van der Waals surface area contributed by atoms with Gasteiger partial charge in [-0.05, 0) is 68.8 Å². The van der Waals surface area contributed by atoms with E-state index in [1.807, 2.05) is 56.0 Å². The zero-order valence-corrected chi connectivity index (χ0v) is 36.5. The number of methoxy groups -OCH3 is 1. The molecule has 3 rings (SSSR count). The van der Waals surface area contributed by atoms with Crippen LogP contribution in [0.1, 0.15) is 90.4 Å². The molecule has 7 atom stereocenters. The van der Waals surface area contributed by atoms with E-state index in [0.717, 1.165) is 18.4 Å². The maximum Gasteiger partial charge on any atom is 0.411 e. The van der Waals surface area contributed by atoms with E-state index in [1.54, 1.807) is 71.3 Å². The van der Waals surface area contributed by atoms with Crippen LogP contribution in [-0.4, -0.2) is 128 Å². The number of hydrogen-bond donors (Lipinski definition) is 5. The van der Waals surface area contributed by atoms with Crippen LogP contribution in [0.25, 0.3) is 0 Å². The molecule has 0 bridgehead atoms. The van der Waals surface area contributed by atoms with Crippen LogP contribution < -0.4 is 21.3 Å². The van der Waals surface area contributed by atoms with Crippen LogP contribution in [0.5, 0.6) is 0 Å². The maximum atomic E-state index is 13.8. The normalized spacial score (nSPS) is 17.0. The number of ether oxygens (including phenoxy) is 2. The van der Waals surface area contributed by atoms with Crippen LogP contribution in [0, 0.1) is 11.8 Å². The first kappa shape index (κ1) is 48.8. The van der Waals surface area contributed by atoms with Crippen molar-refractivity contribution in [2.24, 2.45) is 11.8 Å². The Bertz CT molecular complexity index is 1630. The van der Waals surface area contributed by atoms with E-state index in [4.69, 9.17) is 9.47 Å². The van der Waals surface area contributed by atoms with Crippen molar-refractivity contribution in [2.45, 2.75) is 116 Å². The molecular weight excluding hydrogens is 755 g/mol. The topological polar surface area (TPSA) is 182 Å². The molecule has 0 spiro atoms. The second-order valence-corrected chi connectivity index (χ2v) is 15.9. The number of anilines is 1. The molecule has 0 aliphatic carbocycles. The highest BCUT2D eigenvalue weighted by Crippen LogP contribution is 2.28. The van der Waals surface area contributed by atoms with Crippen molar-refractivity contribution in [3.05, 3.63) is 65.7 Å². The predicted octanol–water partition coefficient (Wildman–Crippen LogP) is 4.27. The van der Waals surface area contributed by atoms with Gasteiger partial charge in [-0.3, -0.25) is 29.4 Å². The van der Waals surface area contributed by atoms with Crippen LogP contribution in [0.3, 0.4) is 0 Å². The number of nitrogens with zero attached hydrogens (tertiary/aromatic N) is 3. The van der Waals surface area contributed by atoms with E-state index < -0.39 is 36.4 Å². The van der Waals surface area contributed by atoms with Crippen LogP contribution in [0.15, 0.2) is 54.6 Å². The van der Waals surface area contributed by atoms with Gasteiger partial charge in [-0.15, -0.1) is 0 Å². The van der Waals surface area contributed by atoms with Crippen LogP contribution in [0.2, 0.25) is 0 Å². The van der Waals surface area contributed by atoms with E-state index in [-0.39, 0.29) is 67.7 Å². The lowest BCUT2D eigenvalue weighted by atomic mass is 9.93. The number of likely N-dealkylation sites (N-methyl/N-ethyl adjacent to an activating group) is 2. The van der Waals surface area contributed by atoms with Crippen molar-refractivity contribution < 1.29 is 38.6 Å². The fraction of sp³-hybridized carbons (Fsp3) is 0.614. The number of aliphatic hydroxyl groups excluding tert-OH is 1. The largest absolute Gasteiger partial charge is 0.445 e. The third kappa shape index (κ3) is 14.6. The summed E-state index contributed by atoms with van der Waals surface area (Å²) in [4.78, 5) is 70.6. The Hall–Kier alpha value is -4.57. The molecule has 328 valence electrons. The molecule has 59 heavy (non-hydrogen) atoms. The summed E-state index contributed by atoms with van der Waals surface area (Å²) >= 11 is 0. The van der Waals surface area contributed by atoms with Gasteiger partial charge in [-0.1, -0.05) is 76.6 Å². The molecule has 1 unspecified atom stereocenters. The van der Waals surface area contributed by atoms with Gasteiger partial charge in [0.2, 0.25) is 23.6 Å². The Labute approximate surface area is 350 Å². The van der Waals surface area contributed by atoms with E-state index >= 15 is 0 Å². The number of carbonyl (C=O) groups is 5. The number of likely N-dealkylation sites (tertiary alicyclic amines) is 1. The van der Waals surface area contributed by atoms with Crippen LogP contribution in [0.4, 0.5) is 10.5 Å². The summed E-state index contributed by atoms with van der Waals surface area (Å²) in [6, 6.07) is 15.2. The second kappa shape index (κ2) is 24.5. The summed E-state index contributed by atoms with van der Waals surface area (Å²) in [7, 11) is 6.64. The highest BCUT2D eigenvalue weighted by atomic mass is 16.6. The van der Waals surface area contributed by atoms with Gasteiger partial charge in [0.05, 0.1) is 49.5 Å². The van der Waals surface area contributed by atoms with Crippen molar-refractivity contribution in [1.29, 1.82) is 0 Å². The van der Waals surface area contributed by atoms with Crippen LogP contribution >= 0.6 is 0 Å². The first-order valence-corrected chi connectivity index (χ1v) is 20.9. The summed E-state index contributed by atoms with van der Waals surface area (Å²) in [5.74, 6) is -1.23. The lowest BCUT2D eigenvalue weighted by Gasteiger charge is -2.35. The Morgan fingerprint density at radius 3 is 2.22 bits per heavy atom. The summed E-state index contributed by atoms with van der Waals surface area (Å²) in [5, 5.41) is 22.6. The zero-order chi connectivity index (χ0) is 43.6. The first-order valence-electron chi connectivity index (χ1n) is 20.9. The van der Waals surface area contributed by atoms with Gasteiger partial charge in [0.25, 0.3) is 0 Å². The molecule has 0 saturated carbocycles. The summed E-state index contributed by atoms with van der Waals surface area (Å²) < 4.78 is 11.5. The quantitative estimate of drug-likeness (QED) is 0.102. The van der Waals surface area contributed by atoms with Crippen molar-refractivity contribution in [1.82, 2.24) is 30.7 Å². The predicted molar refractivity (Wildman–Crippen MR) is 228 cm³/mol. The number of amides is 5. The minimum Gasteiger partial charge on any atom is -0.445 e. The Morgan fingerprint density at radius 2 is 1.61 bits per heavy atom. The SMILES string of the molecule is CCC[C@@H](CCC(=O)N1CCC[C@H]1[C@H](OC)[C@@H](C)C(=O)N[C@H](C)[C@@H](O)c1ccccc1)N(C)C(=O)CNC(C(C)C)N(C)C(=O)OCc1ccc(NC(=O)CNC)cc1. The fourth-order valence-corrected chi connectivity index (χ4v) is 7.71. The fourth-order valence-electron chi connectivity index (χ4n) is 7.71. The average Bonchev–Trinajstić information content (AvgIpc) is 3.71. The molecular formula is C44H69N7O8. The zero-order valence-electron chi connectivity index (χ0n) is 36.5. The molecule has 1 aliphatic rings. The van der Waals surface area contributed by atoms with Gasteiger partial charge in [0.1, 0.15) is 6.61 Å². The van der Waals surface area contributed by atoms with E-state index in [1.165, 1.54) is 4.90 Å². The van der Waals surface area contributed by atoms with Gasteiger partial charge < -0.3 is 40.3 Å². The molecule has 15 heteroatoms. The summed E-state index contributed by atoms with van der Waals surface area (Å²) in [5.41, 5.74) is 2.11. The highest BCUT2D eigenvalue weighted by Gasteiger charge is 2.40. The Kier molecular flexibility index (Phi) is 20.3. The van der Waals surface area contributed by atoms with Crippen molar-refractivity contribution in [3.63, 3.8) is 0 Å². The van der Waals surface area contributed by atoms with E-state index in [9.17, 15) is 29.1 Å². The second-order valence-electron chi connectivity index (χ2n) is 15.9. The number of nitrogens with one attached hydrogen (secondary N) is 4. The van der Waals surface area contributed by atoms with Gasteiger partial charge in [-0.25, -0.2) is 4.79 Å². The average molecular weight is 824 g/mol.